The van der Waals surface area contributed by atoms with Gasteiger partial charge in [0.2, 0.25) is 0 Å². The minimum atomic E-state index is -1.86. The Morgan fingerprint density at radius 3 is 2.56 bits per heavy atom. The number of hydrogen-bond donors (Lipinski definition) is 0. The molecule has 0 aromatic carbocycles. The Morgan fingerprint density at radius 2 is 2.11 bits per heavy atom. The molecular weight excluding hydrogens is 132 g/mol. The number of rotatable bonds is 0. The SMILES string of the molecule is FB1C=CC(F)=C(F)O1. The number of hydrogen-bond acceptors (Lipinski definition) is 1. The third-order valence-electron chi connectivity index (χ3n) is 0.798. The zero-order valence-electron chi connectivity index (χ0n) is 4.27. The molecule has 0 aliphatic carbocycles. The Bertz CT molecular complexity index is 177. The Morgan fingerprint density at radius 1 is 1.44 bits per heavy atom. The molecule has 0 saturated heterocycles. The van der Waals surface area contributed by atoms with Crippen molar-refractivity contribution in [2.24, 2.45) is 0 Å². The molecule has 0 radical (unpaired) electrons. The van der Waals surface area contributed by atoms with Gasteiger partial charge in [0.1, 0.15) is 0 Å². The first-order valence-electron chi connectivity index (χ1n) is 2.24. The fraction of sp³-hybridized carbons (Fsp3) is 0. The summed E-state index contributed by atoms with van der Waals surface area (Å²) in [6.45, 7) is 0. The average molecular weight is 134 g/mol. The second-order valence-corrected chi connectivity index (χ2v) is 1.45. The van der Waals surface area contributed by atoms with Crippen LogP contribution in [0.15, 0.2) is 23.9 Å². The first-order valence-corrected chi connectivity index (χ1v) is 2.24. The molecular formula is C4H2BF3O. The lowest BCUT2D eigenvalue weighted by atomic mass is 9.93. The van der Waals surface area contributed by atoms with Gasteiger partial charge in [0.15, 0.2) is 5.83 Å². The van der Waals surface area contributed by atoms with E-state index in [1.54, 1.807) is 0 Å². The lowest BCUT2D eigenvalue weighted by Crippen LogP contribution is -2.10. The topological polar surface area (TPSA) is 9.23 Å². The van der Waals surface area contributed by atoms with E-state index in [0.717, 1.165) is 5.98 Å². The maximum Gasteiger partial charge on any atom is 0.595 e. The number of allylic oxidation sites excluding steroid dienone is 2. The Hall–Kier alpha value is -0.865. The first-order chi connectivity index (χ1) is 4.20. The molecule has 0 aromatic heterocycles. The van der Waals surface area contributed by atoms with Crippen molar-refractivity contribution in [2.45, 2.75) is 0 Å². The van der Waals surface area contributed by atoms with E-state index in [2.05, 4.69) is 4.65 Å². The highest BCUT2D eigenvalue weighted by atomic mass is 19.2. The Labute approximate surface area is 50.0 Å². The van der Waals surface area contributed by atoms with Crippen LogP contribution in [0.1, 0.15) is 0 Å². The molecule has 0 N–H and O–H groups in total. The smallest absolute Gasteiger partial charge is 0.506 e. The molecule has 1 aliphatic heterocycles. The van der Waals surface area contributed by atoms with E-state index in [9.17, 15) is 13.1 Å². The molecule has 0 spiro atoms. The van der Waals surface area contributed by atoms with Gasteiger partial charge in [-0.15, -0.1) is 0 Å². The van der Waals surface area contributed by atoms with Gasteiger partial charge in [-0.3, -0.25) is 4.32 Å². The second kappa shape index (κ2) is 2.17. The zero-order chi connectivity index (χ0) is 6.85. The fourth-order valence-corrected chi connectivity index (χ4v) is 0.420. The van der Waals surface area contributed by atoms with Crippen molar-refractivity contribution in [1.29, 1.82) is 0 Å². The summed E-state index contributed by atoms with van der Waals surface area (Å²) in [6.07, 6.45) is 0.684. The van der Waals surface area contributed by atoms with Crippen LogP contribution in [0.5, 0.6) is 0 Å². The molecule has 0 fully saturated rings. The summed E-state index contributed by atoms with van der Waals surface area (Å²) in [5.41, 5.74) is 0. The summed E-state index contributed by atoms with van der Waals surface area (Å²) in [6, 6.07) is -1.50. The van der Waals surface area contributed by atoms with Crippen molar-refractivity contribution in [1.82, 2.24) is 0 Å². The van der Waals surface area contributed by atoms with Crippen molar-refractivity contribution >= 4 is 7.19 Å². The van der Waals surface area contributed by atoms with Gasteiger partial charge in [-0.1, -0.05) is 0 Å². The zero-order valence-corrected chi connectivity index (χ0v) is 4.27. The highest BCUT2D eigenvalue weighted by Crippen LogP contribution is 2.17. The highest BCUT2D eigenvalue weighted by Gasteiger charge is 2.21. The quantitative estimate of drug-likeness (QED) is 0.457. The Kier molecular flexibility index (Phi) is 1.51. The van der Waals surface area contributed by atoms with Gasteiger partial charge in [-0.25, -0.2) is 4.39 Å². The highest BCUT2D eigenvalue weighted by molar-refractivity contribution is 6.50. The lowest BCUT2D eigenvalue weighted by Gasteiger charge is -2.05. The van der Waals surface area contributed by atoms with Crippen LogP contribution in [-0.2, 0) is 4.65 Å². The minimum Gasteiger partial charge on any atom is -0.506 e. The largest absolute Gasteiger partial charge is 0.595 e. The third-order valence-corrected chi connectivity index (χ3v) is 0.798. The Balaban J connectivity index is 2.75. The van der Waals surface area contributed by atoms with E-state index in [0.29, 0.717) is 6.08 Å². The molecule has 5 heteroatoms. The standard InChI is InChI=1S/C4H2BF3O/c6-3-1-2-5(8)9-4(3)7/h1-2H. The summed E-state index contributed by atoms with van der Waals surface area (Å²) in [7, 11) is -1.86. The predicted octanol–water partition coefficient (Wildman–Crippen LogP) is 1.68. The summed E-state index contributed by atoms with van der Waals surface area (Å²) < 4.78 is 39.2. The molecule has 0 aromatic rings. The summed E-state index contributed by atoms with van der Waals surface area (Å²) in [5.74, 6) is -0.401. The van der Waals surface area contributed by atoms with Gasteiger partial charge < -0.3 is 4.65 Å². The molecule has 1 rings (SSSR count). The summed E-state index contributed by atoms with van der Waals surface area (Å²) in [5, 5.41) is 0. The van der Waals surface area contributed by atoms with Crippen LogP contribution in [0.3, 0.4) is 0 Å². The van der Waals surface area contributed by atoms with Crippen LogP contribution in [0.4, 0.5) is 13.1 Å². The van der Waals surface area contributed by atoms with E-state index in [-0.39, 0.29) is 0 Å². The normalized spacial score (nSPS) is 18.3. The van der Waals surface area contributed by atoms with E-state index in [1.165, 1.54) is 0 Å². The molecule has 0 saturated carbocycles. The summed E-state index contributed by atoms with van der Waals surface area (Å²) >= 11 is 0. The van der Waals surface area contributed by atoms with Gasteiger partial charge in [-0.05, 0) is 12.1 Å². The maximum absolute atomic E-state index is 11.9. The lowest BCUT2D eigenvalue weighted by molar-refractivity contribution is 0.264. The first kappa shape index (κ1) is 6.26. The average Bonchev–Trinajstić information content (AvgIpc) is 1.80. The number of halogens is 3. The van der Waals surface area contributed by atoms with Crippen molar-refractivity contribution < 1.29 is 17.8 Å². The molecule has 9 heavy (non-hydrogen) atoms. The molecule has 0 atom stereocenters. The van der Waals surface area contributed by atoms with E-state index < -0.39 is 19.0 Å². The molecule has 1 nitrogen and oxygen atoms in total. The summed E-state index contributed by atoms with van der Waals surface area (Å²) in [4.78, 5) is 0. The molecule has 0 unspecified atom stereocenters. The monoisotopic (exact) mass is 134 g/mol. The van der Waals surface area contributed by atoms with Crippen LogP contribution in [0.25, 0.3) is 0 Å². The molecule has 1 heterocycles. The van der Waals surface area contributed by atoms with Crippen molar-refractivity contribution in [3.8, 4) is 0 Å². The molecule has 48 valence electrons. The van der Waals surface area contributed by atoms with Crippen molar-refractivity contribution in [3.05, 3.63) is 23.9 Å². The van der Waals surface area contributed by atoms with Gasteiger partial charge in [0.05, 0.1) is 0 Å². The van der Waals surface area contributed by atoms with Gasteiger partial charge in [-0.2, -0.15) is 4.39 Å². The third kappa shape index (κ3) is 1.28. The fourth-order valence-electron chi connectivity index (χ4n) is 0.420. The van der Waals surface area contributed by atoms with Crippen molar-refractivity contribution in [2.75, 3.05) is 0 Å². The minimum absolute atomic E-state index is 0.684. The molecule has 0 amide bonds. The molecule has 0 bridgehead atoms. The van der Waals surface area contributed by atoms with Crippen molar-refractivity contribution in [3.63, 3.8) is 0 Å². The van der Waals surface area contributed by atoms with Gasteiger partial charge >= 0.3 is 7.19 Å². The van der Waals surface area contributed by atoms with Gasteiger partial charge in [0.25, 0.3) is 6.01 Å². The van der Waals surface area contributed by atoms with Crippen LogP contribution in [0.2, 0.25) is 0 Å². The van der Waals surface area contributed by atoms with E-state index >= 15 is 0 Å². The van der Waals surface area contributed by atoms with Crippen LogP contribution >= 0.6 is 0 Å². The van der Waals surface area contributed by atoms with Crippen LogP contribution < -0.4 is 0 Å². The van der Waals surface area contributed by atoms with Gasteiger partial charge in [0, 0.05) is 0 Å². The second-order valence-electron chi connectivity index (χ2n) is 1.45. The predicted molar refractivity (Wildman–Crippen MR) is 26.3 cm³/mol. The van der Waals surface area contributed by atoms with E-state index in [4.69, 9.17) is 0 Å². The van der Waals surface area contributed by atoms with Crippen LogP contribution in [0, 0.1) is 0 Å². The molecule has 1 aliphatic rings. The van der Waals surface area contributed by atoms with Crippen LogP contribution in [-0.4, -0.2) is 7.19 Å². The maximum atomic E-state index is 11.9. The van der Waals surface area contributed by atoms with E-state index in [1.807, 2.05) is 0 Å².